The first kappa shape index (κ1) is 18.0. The largest absolute Gasteiger partial charge is 0.468 e. The van der Waals surface area contributed by atoms with Crippen molar-refractivity contribution in [1.82, 2.24) is 4.31 Å². The van der Waals surface area contributed by atoms with Crippen LogP contribution < -0.4 is 5.73 Å². The maximum atomic E-state index is 12.7. The molecule has 0 fully saturated rings. The van der Waals surface area contributed by atoms with Crippen molar-refractivity contribution in [2.24, 2.45) is 0 Å². The zero-order valence-corrected chi connectivity index (χ0v) is 14.1. The molecular formula is C12H16Cl2N2O4S. The van der Waals surface area contributed by atoms with Crippen LogP contribution >= 0.6 is 23.2 Å². The van der Waals surface area contributed by atoms with Crippen LogP contribution in [0, 0.1) is 0 Å². The van der Waals surface area contributed by atoms with Crippen LogP contribution in [-0.4, -0.2) is 38.4 Å². The average Bonchev–Trinajstić information content (AvgIpc) is 2.33. The van der Waals surface area contributed by atoms with Crippen molar-refractivity contribution in [3.05, 3.63) is 22.2 Å². The number of hydrogen-bond donors (Lipinski definition) is 1. The van der Waals surface area contributed by atoms with E-state index >= 15 is 0 Å². The van der Waals surface area contributed by atoms with Gasteiger partial charge in [0.2, 0.25) is 10.0 Å². The minimum atomic E-state index is -4.07. The van der Waals surface area contributed by atoms with E-state index in [4.69, 9.17) is 28.9 Å². The molecule has 0 aliphatic carbocycles. The molecule has 0 bridgehead atoms. The Morgan fingerprint density at radius 1 is 1.33 bits per heavy atom. The summed E-state index contributed by atoms with van der Waals surface area (Å²) in [5, 5.41) is -0.203. The second-order valence-corrected chi connectivity index (χ2v) is 7.18. The molecule has 0 atom stereocenters. The summed E-state index contributed by atoms with van der Waals surface area (Å²) in [5.41, 5.74) is 5.80. The molecule has 0 heterocycles. The fourth-order valence-corrected chi connectivity index (χ4v) is 4.44. The highest BCUT2D eigenvalue weighted by atomic mass is 35.5. The van der Waals surface area contributed by atoms with Gasteiger partial charge in [0.15, 0.2) is 0 Å². The SMILES string of the molecule is COC(=O)CN(C(C)C)S(=O)(=O)c1c(Cl)cc(N)cc1Cl. The predicted octanol–water partition coefficient (Wildman–Crippen LogP) is 2.15. The third-order valence-electron chi connectivity index (χ3n) is 2.68. The maximum absolute atomic E-state index is 12.7. The second kappa shape index (κ2) is 6.83. The highest BCUT2D eigenvalue weighted by Crippen LogP contribution is 2.34. The highest BCUT2D eigenvalue weighted by Gasteiger charge is 2.33. The first-order valence-electron chi connectivity index (χ1n) is 5.94. The van der Waals surface area contributed by atoms with Gasteiger partial charge in [-0.3, -0.25) is 4.79 Å². The standard InChI is InChI=1S/C12H16Cl2N2O4S/c1-7(2)16(6-11(17)20-3)21(18,19)12-9(13)4-8(15)5-10(12)14/h4-5,7H,6,15H2,1-3H3. The van der Waals surface area contributed by atoms with Gasteiger partial charge in [-0.25, -0.2) is 8.42 Å². The predicted molar refractivity (Wildman–Crippen MR) is 81.9 cm³/mol. The van der Waals surface area contributed by atoms with E-state index in [0.717, 1.165) is 4.31 Å². The highest BCUT2D eigenvalue weighted by molar-refractivity contribution is 7.89. The van der Waals surface area contributed by atoms with Crippen molar-refractivity contribution in [3.8, 4) is 0 Å². The lowest BCUT2D eigenvalue weighted by Gasteiger charge is -2.25. The van der Waals surface area contributed by atoms with Crippen LogP contribution in [0.25, 0.3) is 0 Å². The number of carbonyl (C=O) groups is 1. The monoisotopic (exact) mass is 354 g/mol. The molecule has 0 aromatic heterocycles. The van der Waals surface area contributed by atoms with Gasteiger partial charge in [0.25, 0.3) is 0 Å². The Morgan fingerprint density at radius 3 is 2.19 bits per heavy atom. The van der Waals surface area contributed by atoms with Gasteiger partial charge in [0, 0.05) is 11.7 Å². The normalized spacial score (nSPS) is 12.0. The van der Waals surface area contributed by atoms with E-state index in [1.54, 1.807) is 13.8 Å². The summed E-state index contributed by atoms with van der Waals surface area (Å²) < 4.78 is 30.8. The van der Waals surface area contributed by atoms with E-state index in [1.165, 1.54) is 19.2 Å². The number of sulfonamides is 1. The molecule has 118 valence electrons. The summed E-state index contributed by atoms with van der Waals surface area (Å²) in [7, 11) is -2.89. The van der Waals surface area contributed by atoms with Gasteiger partial charge in [0.05, 0.1) is 17.2 Å². The number of nitrogens with zero attached hydrogens (tertiary/aromatic N) is 1. The molecule has 2 N–H and O–H groups in total. The number of anilines is 1. The third-order valence-corrected chi connectivity index (χ3v) is 5.62. The molecule has 0 aliphatic heterocycles. The molecule has 6 nitrogen and oxygen atoms in total. The van der Waals surface area contributed by atoms with Crippen molar-refractivity contribution < 1.29 is 17.9 Å². The van der Waals surface area contributed by atoms with Gasteiger partial charge in [-0.15, -0.1) is 0 Å². The zero-order valence-electron chi connectivity index (χ0n) is 11.8. The number of hydrogen-bond acceptors (Lipinski definition) is 5. The number of nitrogens with two attached hydrogens (primary N) is 1. The number of rotatable bonds is 5. The summed E-state index contributed by atoms with van der Waals surface area (Å²) in [6, 6.07) is 2.09. The molecule has 1 rings (SSSR count). The molecule has 0 amide bonds. The second-order valence-electron chi connectivity index (χ2n) is 4.53. The Kier molecular flexibility index (Phi) is 5.86. The van der Waals surface area contributed by atoms with Crippen molar-refractivity contribution in [2.45, 2.75) is 24.8 Å². The van der Waals surface area contributed by atoms with Gasteiger partial charge in [-0.2, -0.15) is 4.31 Å². The number of carbonyl (C=O) groups excluding carboxylic acids is 1. The lowest BCUT2D eigenvalue weighted by Crippen LogP contribution is -2.41. The van der Waals surface area contributed by atoms with Gasteiger partial charge < -0.3 is 10.5 Å². The number of esters is 1. The van der Waals surface area contributed by atoms with E-state index < -0.39 is 28.6 Å². The molecule has 1 aromatic carbocycles. The molecule has 21 heavy (non-hydrogen) atoms. The smallest absolute Gasteiger partial charge is 0.321 e. The fourth-order valence-electron chi connectivity index (χ4n) is 1.68. The Bertz CT molecular complexity index is 624. The van der Waals surface area contributed by atoms with Gasteiger partial charge in [-0.1, -0.05) is 23.2 Å². The van der Waals surface area contributed by atoms with Crippen molar-refractivity contribution in [2.75, 3.05) is 19.4 Å². The number of halogens is 2. The van der Waals surface area contributed by atoms with Crippen LogP contribution in [0.15, 0.2) is 17.0 Å². The lowest BCUT2D eigenvalue weighted by molar-refractivity contribution is -0.141. The summed E-state index contributed by atoms with van der Waals surface area (Å²) >= 11 is 11.9. The van der Waals surface area contributed by atoms with Crippen molar-refractivity contribution in [1.29, 1.82) is 0 Å². The minimum absolute atomic E-state index is 0.101. The molecule has 1 aromatic rings. The van der Waals surface area contributed by atoms with Gasteiger partial charge in [0.1, 0.15) is 11.4 Å². The van der Waals surface area contributed by atoms with Gasteiger partial charge >= 0.3 is 5.97 Å². The summed E-state index contributed by atoms with van der Waals surface area (Å²) in [5.74, 6) is -0.685. The van der Waals surface area contributed by atoms with Crippen molar-refractivity contribution >= 4 is 44.9 Å². The van der Waals surface area contributed by atoms with Crippen molar-refractivity contribution in [3.63, 3.8) is 0 Å². The Hall–Kier alpha value is -1.02. The molecule has 0 aliphatic rings. The van der Waals surface area contributed by atoms with E-state index in [1.807, 2.05) is 0 Å². The number of benzene rings is 1. The first-order valence-corrected chi connectivity index (χ1v) is 8.14. The van der Waals surface area contributed by atoms with Crippen LogP contribution in [0.4, 0.5) is 5.69 Å². The van der Waals surface area contributed by atoms with E-state index in [-0.39, 0.29) is 20.6 Å². The molecule has 0 saturated heterocycles. The third kappa shape index (κ3) is 4.00. The quantitative estimate of drug-likeness (QED) is 0.646. The molecule has 0 spiro atoms. The maximum Gasteiger partial charge on any atom is 0.321 e. The lowest BCUT2D eigenvalue weighted by atomic mass is 10.3. The molecule has 0 saturated carbocycles. The van der Waals surface area contributed by atoms with E-state index in [2.05, 4.69) is 4.74 Å². The van der Waals surface area contributed by atoms with E-state index in [0.29, 0.717) is 0 Å². The summed E-state index contributed by atoms with van der Waals surface area (Å²) in [6.45, 7) is 2.81. The topological polar surface area (TPSA) is 89.7 Å². The van der Waals surface area contributed by atoms with Crippen LogP contribution in [0.5, 0.6) is 0 Å². The number of methoxy groups -OCH3 is 1. The molecular weight excluding hydrogens is 339 g/mol. The van der Waals surface area contributed by atoms with Gasteiger partial charge in [-0.05, 0) is 26.0 Å². The summed E-state index contributed by atoms with van der Waals surface area (Å²) in [4.78, 5) is 11.1. The average molecular weight is 355 g/mol. The Morgan fingerprint density at radius 2 is 1.81 bits per heavy atom. The van der Waals surface area contributed by atoms with E-state index in [9.17, 15) is 13.2 Å². The van der Waals surface area contributed by atoms with Crippen LogP contribution in [0.2, 0.25) is 10.0 Å². The minimum Gasteiger partial charge on any atom is -0.468 e. The zero-order chi connectivity index (χ0) is 16.4. The van der Waals surface area contributed by atoms with Crippen LogP contribution in [-0.2, 0) is 19.6 Å². The fraction of sp³-hybridized carbons (Fsp3) is 0.417. The Balaban J connectivity index is 3.40. The first-order chi connectivity index (χ1) is 9.61. The number of nitrogen functional groups attached to an aromatic ring is 1. The number of ether oxygens (including phenoxy) is 1. The molecule has 0 unspecified atom stereocenters. The van der Waals surface area contributed by atoms with Crippen LogP contribution in [0.3, 0.4) is 0 Å². The molecule has 9 heteroatoms. The Labute approximate surface area is 133 Å². The summed E-state index contributed by atoms with van der Waals surface area (Å²) in [6.07, 6.45) is 0. The molecule has 0 radical (unpaired) electrons. The van der Waals surface area contributed by atoms with Crippen LogP contribution in [0.1, 0.15) is 13.8 Å².